The van der Waals surface area contributed by atoms with Crippen molar-refractivity contribution in [1.82, 2.24) is 4.31 Å². The Labute approximate surface area is 144 Å². The molecule has 0 unspecified atom stereocenters. The SMILES string of the molecule is Cc1ccc([N+](=O)[O-])cc1S(=O)(=O)N(C)Cc1ccc2c(c1)OCO2. The summed E-state index contributed by atoms with van der Waals surface area (Å²) in [5.41, 5.74) is 0.905. The van der Waals surface area contributed by atoms with E-state index in [2.05, 4.69) is 0 Å². The molecule has 0 aromatic heterocycles. The Balaban J connectivity index is 1.89. The minimum absolute atomic E-state index is 0.0788. The topological polar surface area (TPSA) is 99.0 Å². The van der Waals surface area contributed by atoms with Gasteiger partial charge >= 0.3 is 0 Å². The summed E-state index contributed by atoms with van der Waals surface area (Å²) in [7, 11) is -2.45. The summed E-state index contributed by atoms with van der Waals surface area (Å²) in [6, 6.07) is 8.98. The van der Waals surface area contributed by atoms with Crippen LogP contribution in [0.1, 0.15) is 11.1 Å². The van der Waals surface area contributed by atoms with Crippen LogP contribution in [0.4, 0.5) is 5.69 Å². The van der Waals surface area contributed by atoms with Crippen LogP contribution in [0.25, 0.3) is 0 Å². The highest BCUT2D eigenvalue weighted by Crippen LogP contribution is 2.33. The molecule has 0 N–H and O–H groups in total. The first kappa shape index (κ1) is 17.2. The van der Waals surface area contributed by atoms with E-state index in [1.807, 2.05) is 0 Å². The van der Waals surface area contributed by atoms with Gasteiger partial charge in [-0.05, 0) is 30.2 Å². The first-order valence-corrected chi connectivity index (χ1v) is 8.83. The minimum atomic E-state index is -3.88. The second kappa shape index (κ2) is 6.34. The number of rotatable bonds is 5. The summed E-state index contributed by atoms with van der Waals surface area (Å²) in [5, 5.41) is 10.9. The summed E-state index contributed by atoms with van der Waals surface area (Å²) in [4.78, 5) is 10.2. The number of aryl methyl sites for hydroxylation is 1. The van der Waals surface area contributed by atoms with Gasteiger partial charge in [0, 0.05) is 25.7 Å². The second-order valence-corrected chi connectivity index (χ2v) is 7.67. The molecule has 0 atom stereocenters. The van der Waals surface area contributed by atoms with Crippen molar-refractivity contribution < 1.29 is 22.8 Å². The van der Waals surface area contributed by atoms with Crippen LogP contribution in [0.15, 0.2) is 41.3 Å². The third-order valence-electron chi connectivity index (χ3n) is 3.91. The van der Waals surface area contributed by atoms with E-state index in [9.17, 15) is 18.5 Å². The smallest absolute Gasteiger partial charge is 0.270 e. The summed E-state index contributed by atoms with van der Waals surface area (Å²) >= 11 is 0. The molecule has 132 valence electrons. The predicted octanol–water partition coefficient (Wildman–Crippen LogP) is 2.45. The van der Waals surface area contributed by atoms with Crippen LogP contribution in [0.2, 0.25) is 0 Å². The number of nitro groups is 1. The van der Waals surface area contributed by atoms with Crippen molar-refractivity contribution in [3.63, 3.8) is 0 Å². The number of nitro benzene ring substituents is 1. The fraction of sp³-hybridized carbons (Fsp3) is 0.250. The van der Waals surface area contributed by atoms with Crippen LogP contribution >= 0.6 is 0 Å². The van der Waals surface area contributed by atoms with Gasteiger partial charge in [-0.15, -0.1) is 0 Å². The maximum Gasteiger partial charge on any atom is 0.270 e. The molecule has 2 aromatic carbocycles. The molecule has 0 fully saturated rings. The molecule has 1 aliphatic rings. The first-order chi connectivity index (χ1) is 11.8. The normalized spacial score (nSPS) is 13.2. The molecular weight excluding hydrogens is 348 g/mol. The van der Waals surface area contributed by atoms with Gasteiger partial charge in [-0.2, -0.15) is 4.31 Å². The van der Waals surface area contributed by atoms with Gasteiger partial charge < -0.3 is 9.47 Å². The Morgan fingerprint density at radius 1 is 1.16 bits per heavy atom. The van der Waals surface area contributed by atoms with E-state index in [1.54, 1.807) is 25.1 Å². The van der Waals surface area contributed by atoms with Gasteiger partial charge in [0.15, 0.2) is 11.5 Å². The Hall–Kier alpha value is -2.65. The van der Waals surface area contributed by atoms with Crippen LogP contribution < -0.4 is 9.47 Å². The Bertz CT molecular complexity index is 942. The molecule has 0 bridgehead atoms. The van der Waals surface area contributed by atoms with Crippen LogP contribution in [-0.4, -0.2) is 31.5 Å². The number of sulfonamides is 1. The van der Waals surface area contributed by atoms with Crippen LogP contribution in [0.3, 0.4) is 0 Å². The van der Waals surface area contributed by atoms with E-state index < -0.39 is 14.9 Å². The van der Waals surface area contributed by atoms with Gasteiger partial charge in [0.2, 0.25) is 16.8 Å². The zero-order valence-electron chi connectivity index (χ0n) is 13.6. The molecule has 0 spiro atoms. The summed E-state index contributed by atoms with van der Waals surface area (Å²) in [5.74, 6) is 1.18. The molecule has 1 aliphatic heterocycles. The Kier molecular flexibility index (Phi) is 4.36. The van der Waals surface area contributed by atoms with Gasteiger partial charge in [-0.25, -0.2) is 8.42 Å². The summed E-state index contributed by atoms with van der Waals surface area (Å²) in [6.45, 7) is 1.84. The van der Waals surface area contributed by atoms with Crippen molar-refractivity contribution in [3.8, 4) is 11.5 Å². The summed E-state index contributed by atoms with van der Waals surface area (Å²) < 4.78 is 37.3. The molecule has 0 radical (unpaired) electrons. The van der Waals surface area contributed by atoms with E-state index in [0.717, 1.165) is 15.9 Å². The van der Waals surface area contributed by atoms with Crippen LogP contribution in [-0.2, 0) is 16.6 Å². The highest BCUT2D eigenvalue weighted by Gasteiger charge is 2.26. The van der Waals surface area contributed by atoms with Gasteiger partial charge in [-0.1, -0.05) is 12.1 Å². The molecule has 8 nitrogen and oxygen atoms in total. The quantitative estimate of drug-likeness (QED) is 0.597. The zero-order chi connectivity index (χ0) is 18.2. The number of hydrogen-bond donors (Lipinski definition) is 0. The third-order valence-corrected chi connectivity index (χ3v) is 5.86. The fourth-order valence-electron chi connectivity index (χ4n) is 2.53. The Morgan fingerprint density at radius 3 is 2.60 bits per heavy atom. The molecule has 2 aromatic rings. The molecule has 0 amide bonds. The second-order valence-electron chi connectivity index (χ2n) is 5.66. The average molecular weight is 364 g/mol. The van der Waals surface area contributed by atoms with E-state index in [4.69, 9.17) is 9.47 Å². The number of non-ortho nitro benzene ring substituents is 1. The van der Waals surface area contributed by atoms with Crippen molar-refractivity contribution in [3.05, 3.63) is 57.6 Å². The molecule has 9 heteroatoms. The highest BCUT2D eigenvalue weighted by molar-refractivity contribution is 7.89. The number of ether oxygens (including phenoxy) is 2. The van der Waals surface area contributed by atoms with Crippen molar-refractivity contribution in [1.29, 1.82) is 0 Å². The molecule has 1 heterocycles. The van der Waals surface area contributed by atoms with Crippen molar-refractivity contribution in [2.75, 3.05) is 13.8 Å². The number of fused-ring (bicyclic) bond motifs is 1. The minimum Gasteiger partial charge on any atom is -0.454 e. The maximum absolute atomic E-state index is 12.8. The van der Waals surface area contributed by atoms with Crippen molar-refractivity contribution in [2.24, 2.45) is 0 Å². The lowest BCUT2D eigenvalue weighted by molar-refractivity contribution is -0.385. The molecule has 0 saturated heterocycles. The molecule has 0 saturated carbocycles. The molecule has 3 rings (SSSR count). The number of hydrogen-bond acceptors (Lipinski definition) is 6. The van der Waals surface area contributed by atoms with E-state index in [-0.39, 0.29) is 23.9 Å². The van der Waals surface area contributed by atoms with Gasteiger partial charge in [0.1, 0.15) is 0 Å². The molecule has 25 heavy (non-hydrogen) atoms. The maximum atomic E-state index is 12.8. The largest absolute Gasteiger partial charge is 0.454 e. The van der Waals surface area contributed by atoms with E-state index in [1.165, 1.54) is 19.2 Å². The van der Waals surface area contributed by atoms with Crippen molar-refractivity contribution >= 4 is 15.7 Å². The lowest BCUT2D eigenvalue weighted by Crippen LogP contribution is -2.27. The van der Waals surface area contributed by atoms with E-state index in [0.29, 0.717) is 17.1 Å². The Morgan fingerprint density at radius 2 is 1.88 bits per heavy atom. The van der Waals surface area contributed by atoms with E-state index >= 15 is 0 Å². The fourth-order valence-corrected chi connectivity index (χ4v) is 3.93. The lowest BCUT2D eigenvalue weighted by atomic mass is 10.2. The first-order valence-electron chi connectivity index (χ1n) is 7.39. The number of benzene rings is 2. The standard InChI is InChI=1S/C16H16N2O6S/c1-11-3-5-13(18(19)20)8-16(11)25(21,22)17(2)9-12-4-6-14-15(7-12)24-10-23-14/h3-8H,9-10H2,1-2H3. The highest BCUT2D eigenvalue weighted by atomic mass is 32.2. The number of nitrogens with zero attached hydrogens (tertiary/aromatic N) is 2. The van der Waals surface area contributed by atoms with Crippen LogP contribution in [0, 0.1) is 17.0 Å². The van der Waals surface area contributed by atoms with Crippen LogP contribution in [0.5, 0.6) is 11.5 Å². The van der Waals surface area contributed by atoms with Crippen molar-refractivity contribution in [2.45, 2.75) is 18.4 Å². The van der Waals surface area contributed by atoms with Gasteiger partial charge in [0.05, 0.1) is 9.82 Å². The monoisotopic (exact) mass is 364 g/mol. The molecule has 0 aliphatic carbocycles. The zero-order valence-corrected chi connectivity index (χ0v) is 14.4. The molecular formula is C16H16N2O6S. The third kappa shape index (κ3) is 3.28. The van der Waals surface area contributed by atoms with Gasteiger partial charge in [-0.3, -0.25) is 10.1 Å². The van der Waals surface area contributed by atoms with Gasteiger partial charge in [0.25, 0.3) is 5.69 Å². The summed E-state index contributed by atoms with van der Waals surface area (Å²) in [6.07, 6.45) is 0. The lowest BCUT2D eigenvalue weighted by Gasteiger charge is -2.18. The average Bonchev–Trinajstić information content (AvgIpc) is 3.02. The predicted molar refractivity (Wildman–Crippen MR) is 89.1 cm³/mol.